The molecule has 0 aromatic heterocycles. The van der Waals surface area contributed by atoms with Gasteiger partial charge in [-0.25, -0.2) is 0 Å². The number of piperidine rings is 1. The van der Waals surface area contributed by atoms with Gasteiger partial charge in [-0.2, -0.15) is 0 Å². The van der Waals surface area contributed by atoms with E-state index in [1.165, 1.54) is 125 Å². The van der Waals surface area contributed by atoms with Crippen LogP contribution >= 0.6 is 0 Å². The third kappa shape index (κ3) is 937. The van der Waals surface area contributed by atoms with Crippen LogP contribution in [0.25, 0.3) is 0 Å². The molecule has 1 saturated heterocycles. The lowest BCUT2D eigenvalue weighted by molar-refractivity contribution is -0.129. The van der Waals surface area contributed by atoms with Crippen LogP contribution in [0.15, 0.2) is 60.7 Å². The predicted molar refractivity (Wildman–Crippen MR) is 533 cm³/mol. The van der Waals surface area contributed by atoms with Crippen LogP contribution in [0.2, 0.25) is 0 Å². The Labute approximate surface area is 735 Å². The van der Waals surface area contributed by atoms with Crippen molar-refractivity contribution in [1.29, 1.82) is 0 Å². The lowest BCUT2D eigenvalue weighted by Crippen LogP contribution is -2.33. The Balaban J connectivity index is -0.0000000149. The largest absolute Gasteiger partial charge is 0.397 e. The molecule has 3 rings (SSSR count). The van der Waals surface area contributed by atoms with Crippen LogP contribution in [0.3, 0.4) is 0 Å². The van der Waals surface area contributed by atoms with Crippen molar-refractivity contribution < 1.29 is 82.1 Å². The molecule has 36 N–H and O–H groups in total. The number of likely N-dealkylation sites (tertiary alicyclic amines) is 1. The molecule has 32 nitrogen and oxygen atoms in total. The van der Waals surface area contributed by atoms with Crippen LogP contribution in [-0.4, -0.2) is 198 Å². The molecule has 1 aliphatic heterocycles. The fraction of sp³-hybridized carbons (Fsp3) is 0.686. The Bertz CT molecular complexity index is 1150. The first-order chi connectivity index (χ1) is 53.9. The van der Waals surface area contributed by atoms with Crippen LogP contribution < -0.4 is 82.8 Å². The van der Waals surface area contributed by atoms with E-state index in [0.29, 0.717) is 0 Å². The van der Waals surface area contributed by atoms with Gasteiger partial charge >= 0.3 is 0 Å². The number of amides is 1. The van der Waals surface area contributed by atoms with E-state index in [1.807, 2.05) is 154 Å². The monoisotopic (exact) mass is 1740 g/mol. The molecule has 118 heavy (non-hydrogen) atoms. The molecule has 1 amide bonds. The standard InChI is InChI=1S/2C8H10.C7H13NO.6C5H12.C3H8O.C2H6O.3C2H6.8CH5N.14CH2O.6H3N/c2*1-2-8-6-4-3-5-7-8;1-7(9)8-5-3-2-4-6-8;6*1-4-5(2)3;1-3(2)4;1-2-3;25*1-2;;;;;;/h2*3-7H,2H2,1H3;2-6H2,1H3;6*5H,4H2,1-3H3;3-4H,1-2H3;3H,2H2,1H3;3*1-2H3;8*2H2,1H3;14*1H2;6*1H3. The van der Waals surface area contributed by atoms with Gasteiger partial charge in [0.1, 0.15) is 95.0 Å². The molecular formula is C86H223N15O17. The number of carbonyl (C=O) groups is 15. The van der Waals surface area contributed by atoms with Crippen LogP contribution in [0.5, 0.6) is 0 Å². The fourth-order valence-corrected chi connectivity index (χ4v) is 2.64. The molecule has 0 unspecified atom stereocenters. The summed E-state index contributed by atoms with van der Waals surface area (Å²) in [5.74, 6) is 5.54. The average molecular weight is 1740 g/mol. The van der Waals surface area contributed by atoms with Crippen LogP contribution in [0, 0.1) is 35.5 Å². The maximum atomic E-state index is 10.7. The predicted octanol–water partition coefficient (Wildman–Crippen LogP) is 16.3. The van der Waals surface area contributed by atoms with Crippen molar-refractivity contribution in [3.8, 4) is 0 Å². The highest BCUT2D eigenvalue weighted by atomic mass is 16.3. The van der Waals surface area contributed by atoms with E-state index < -0.39 is 0 Å². The fourth-order valence-electron chi connectivity index (χ4n) is 2.64. The number of rotatable bonds is 8. The van der Waals surface area contributed by atoms with E-state index in [9.17, 15) is 4.79 Å². The van der Waals surface area contributed by atoms with Crippen molar-refractivity contribution in [2.24, 2.45) is 81.4 Å². The molecule has 2 aromatic rings. The summed E-state index contributed by atoms with van der Waals surface area (Å²) in [6.07, 6.45) is 13.6. The summed E-state index contributed by atoms with van der Waals surface area (Å²) in [5.41, 5.74) is 38.8. The zero-order valence-electron chi connectivity index (χ0n) is 85.4. The topological polar surface area (TPSA) is 718 Å². The SMILES string of the molecule is C=O.C=O.C=O.C=O.C=O.C=O.C=O.C=O.C=O.C=O.C=O.C=O.C=O.C=O.CC.CC.CC.CC(=O)N1CCCCC1.CC(C)O.CCC(C)C.CCC(C)C.CCC(C)C.CCC(C)C.CCC(C)C.CCC(C)C.CCO.CCc1ccccc1.CCc1ccccc1.CN.CN.CN.CN.CN.CN.CN.CN.N.N.N.N.N.N. The molecule has 1 aliphatic rings. The lowest BCUT2D eigenvalue weighted by Gasteiger charge is -2.24. The molecule has 0 spiro atoms. The summed E-state index contributed by atoms with van der Waals surface area (Å²) in [6, 6.07) is 20.9. The molecule has 32 heteroatoms. The number of nitrogens with zero attached hydrogens (tertiary/aromatic N) is 1. The quantitative estimate of drug-likeness (QED) is 0.117. The summed E-state index contributed by atoms with van der Waals surface area (Å²) >= 11 is 0. The molecule has 0 saturated carbocycles. The maximum Gasteiger partial charge on any atom is 0.219 e. The Kier molecular flexibility index (Phi) is 1150. The first-order valence-electron chi connectivity index (χ1n) is 37.2. The van der Waals surface area contributed by atoms with Gasteiger partial charge in [-0.3, -0.25) is 4.79 Å². The lowest BCUT2D eigenvalue weighted by atomic mass is 10.1. The minimum absolute atomic E-state index is 0. The molecular weight excluding hydrogens is 1520 g/mol. The molecule has 2 aromatic carbocycles. The van der Waals surface area contributed by atoms with Crippen molar-refractivity contribution in [3.05, 3.63) is 71.8 Å². The summed E-state index contributed by atoms with van der Waals surface area (Å²) in [4.78, 5) is 125. The molecule has 1 heterocycles. The zero-order valence-corrected chi connectivity index (χ0v) is 85.4. The molecule has 0 bridgehead atoms. The van der Waals surface area contributed by atoms with Gasteiger partial charge in [0.15, 0.2) is 0 Å². The third-order valence-electron chi connectivity index (χ3n) is 9.20. The first kappa shape index (κ1) is 259. The van der Waals surface area contributed by atoms with E-state index in [-0.39, 0.29) is 55.5 Å². The van der Waals surface area contributed by atoms with Crippen molar-refractivity contribution in [2.75, 3.05) is 76.1 Å². The highest BCUT2D eigenvalue weighted by molar-refractivity contribution is 5.73. The summed E-state index contributed by atoms with van der Waals surface area (Å²) in [7, 11) is 12.0. The molecule has 744 valence electrons. The van der Waals surface area contributed by atoms with Gasteiger partial charge < -0.3 is 165 Å². The second kappa shape index (κ2) is 525. The molecule has 1 fully saturated rings. The summed E-state index contributed by atoms with van der Waals surface area (Å²) < 4.78 is 0. The number of aliphatic hydroxyl groups excluding tert-OH is 2. The van der Waals surface area contributed by atoms with Gasteiger partial charge in [-0.15, -0.1) is 0 Å². The van der Waals surface area contributed by atoms with Gasteiger partial charge in [-0.05, 0) is 156 Å². The second-order valence-corrected chi connectivity index (χ2v) is 18.5. The van der Waals surface area contributed by atoms with Crippen molar-refractivity contribution in [2.45, 2.75) is 284 Å². The van der Waals surface area contributed by atoms with E-state index in [0.717, 1.165) is 61.4 Å². The van der Waals surface area contributed by atoms with E-state index >= 15 is 0 Å². The van der Waals surface area contributed by atoms with E-state index in [2.05, 4.69) is 233 Å². The molecule has 0 radical (unpaired) electrons. The minimum Gasteiger partial charge on any atom is -0.397 e. The summed E-state index contributed by atoms with van der Waals surface area (Å²) in [6.45, 7) is 93.2. The van der Waals surface area contributed by atoms with Crippen LogP contribution in [0.4, 0.5) is 0 Å². The highest BCUT2D eigenvalue weighted by Crippen LogP contribution is 2.08. The Morgan fingerprint density at radius 1 is 0.288 bits per heavy atom. The van der Waals surface area contributed by atoms with Crippen molar-refractivity contribution in [3.63, 3.8) is 0 Å². The van der Waals surface area contributed by atoms with Gasteiger partial charge in [-0.1, -0.05) is 279 Å². The Morgan fingerprint density at radius 2 is 0.381 bits per heavy atom. The molecule has 0 atom stereocenters. The van der Waals surface area contributed by atoms with Gasteiger partial charge in [0, 0.05) is 32.7 Å². The van der Waals surface area contributed by atoms with Crippen LogP contribution in [-0.2, 0) is 84.8 Å². The maximum absolute atomic E-state index is 10.7. The Morgan fingerprint density at radius 3 is 0.432 bits per heavy atom. The number of aliphatic hydroxyl groups is 2. The Hall–Kier alpha value is -7.35. The van der Waals surface area contributed by atoms with Gasteiger partial charge in [0.25, 0.3) is 0 Å². The normalized spacial score (nSPS) is 6.69. The number of hydrogen-bond donors (Lipinski definition) is 16. The smallest absolute Gasteiger partial charge is 0.219 e. The van der Waals surface area contributed by atoms with E-state index in [4.69, 9.17) is 77.3 Å². The van der Waals surface area contributed by atoms with Crippen LogP contribution in [0.1, 0.15) is 277 Å². The van der Waals surface area contributed by atoms with Gasteiger partial charge in [0.05, 0.1) is 0 Å². The van der Waals surface area contributed by atoms with Crippen molar-refractivity contribution >= 4 is 101 Å². The number of aryl methyl sites for hydroxylation is 2. The van der Waals surface area contributed by atoms with Crippen molar-refractivity contribution in [1.82, 2.24) is 41.8 Å². The summed E-state index contributed by atoms with van der Waals surface area (Å²) in [5, 5.41) is 15.6. The first-order valence-corrected chi connectivity index (χ1v) is 37.2. The van der Waals surface area contributed by atoms with E-state index in [1.54, 1.807) is 27.7 Å². The number of carbonyl (C=O) groups excluding carboxylic acids is 15. The number of nitrogens with two attached hydrogens (primary N) is 8. The minimum atomic E-state index is -0.167. The molecule has 0 aliphatic carbocycles. The number of benzene rings is 2. The second-order valence-electron chi connectivity index (χ2n) is 18.5. The van der Waals surface area contributed by atoms with Gasteiger partial charge in [0.2, 0.25) is 5.91 Å². The highest BCUT2D eigenvalue weighted by Gasteiger charge is 2.11. The number of hydrogen-bond acceptors (Lipinski definition) is 31. The average Bonchev–Trinajstić information content (AvgIpc) is 0.955. The zero-order chi connectivity index (χ0) is 100. The third-order valence-corrected chi connectivity index (χ3v) is 9.20.